The van der Waals surface area contributed by atoms with E-state index in [4.69, 9.17) is 10.2 Å². The molecule has 3 aromatic heterocycles. The molecule has 8 nitrogen and oxygen atoms in total. The van der Waals surface area contributed by atoms with Crippen molar-refractivity contribution in [2.45, 2.75) is 13.3 Å². The Labute approximate surface area is 132 Å². The molecule has 8 heteroatoms. The van der Waals surface area contributed by atoms with Crippen LogP contribution in [0.3, 0.4) is 0 Å². The molecule has 0 aliphatic carbocycles. The molecule has 0 bridgehead atoms. The molecule has 0 atom stereocenters. The van der Waals surface area contributed by atoms with Gasteiger partial charge in [-0.05, 0) is 24.6 Å². The van der Waals surface area contributed by atoms with Crippen LogP contribution in [0.25, 0.3) is 17.4 Å². The van der Waals surface area contributed by atoms with E-state index < -0.39 is 6.03 Å². The highest BCUT2D eigenvalue weighted by atomic mass is 16.3. The van der Waals surface area contributed by atoms with Crippen molar-refractivity contribution < 1.29 is 9.21 Å². The van der Waals surface area contributed by atoms with E-state index in [9.17, 15) is 4.79 Å². The van der Waals surface area contributed by atoms with Crippen molar-refractivity contribution in [3.8, 4) is 17.4 Å². The maximum absolute atomic E-state index is 11.7. The standard InChI is InChI=1S/C15H16N6O2/c1-2-7-20(15(16)22)12-10-13(21-8-4-6-17-21)19-14(18-12)11-5-3-9-23-11/h3-6,8-10H,2,7H2,1H3,(H2,16,22). The molecule has 0 radical (unpaired) electrons. The average molecular weight is 312 g/mol. The first-order chi connectivity index (χ1) is 11.2. The van der Waals surface area contributed by atoms with Gasteiger partial charge in [0.15, 0.2) is 17.4 Å². The Morgan fingerprint density at radius 3 is 2.87 bits per heavy atom. The number of carbonyl (C=O) groups is 1. The summed E-state index contributed by atoms with van der Waals surface area (Å²) in [5.41, 5.74) is 5.47. The first kappa shape index (κ1) is 14.8. The van der Waals surface area contributed by atoms with E-state index in [-0.39, 0.29) is 0 Å². The summed E-state index contributed by atoms with van der Waals surface area (Å²) in [6.07, 6.45) is 5.69. The molecule has 0 unspecified atom stereocenters. The van der Waals surface area contributed by atoms with Crippen molar-refractivity contribution in [1.29, 1.82) is 0 Å². The van der Waals surface area contributed by atoms with Gasteiger partial charge >= 0.3 is 6.03 Å². The molecular formula is C15H16N6O2. The lowest BCUT2D eigenvalue weighted by molar-refractivity contribution is 0.253. The number of hydrogen-bond donors (Lipinski definition) is 1. The summed E-state index contributed by atoms with van der Waals surface area (Å²) in [6.45, 7) is 2.42. The van der Waals surface area contributed by atoms with Crippen LogP contribution < -0.4 is 10.6 Å². The molecule has 2 N–H and O–H groups in total. The molecule has 0 saturated carbocycles. The minimum Gasteiger partial charge on any atom is -0.461 e. The Balaban J connectivity index is 2.13. The first-order valence-corrected chi connectivity index (χ1v) is 7.19. The SMILES string of the molecule is CCCN(C(N)=O)c1cc(-n2cccn2)nc(-c2ccco2)n1. The molecule has 0 aliphatic heterocycles. The van der Waals surface area contributed by atoms with Gasteiger partial charge in [-0.3, -0.25) is 4.90 Å². The number of furan rings is 1. The fraction of sp³-hybridized carbons (Fsp3) is 0.200. The molecule has 23 heavy (non-hydrogen) atoms. The molecule has 0 aromatic carbocycles. The van der Waals surface area contributed by atoms with Crippen molar-refractivity contribution >= 4 is 11.8 Å². The molecule has 118 valence electrons. The number of hydrogen-bond acceptors (Lipinski definition) is 5. The summed E-state index contributed by atoms with van der Waals surface area (Å²) >= 11 is 0. The van der Waals surface area contributed by atoms with E-state index in [1.807, 2.05) is 6.92 Å². The molecular weight excluding hydrogens is 296 g/mol. The van der Waals surface area contributed by atoms with Gasteiger partial charge in [0.2, 0.25) is 0 Å². The molecule has 0 fully saturated rings. The smallest absolute Gasteiger partial charge is 0.320 e. The first-order valence-electron chi connectivity index (χ1n) is 7.19. The number of carbonyl (C=O) groups excluding carboxylic acids is 1. The second-order valence-electron chi connectivity index (χ2n) is 4.83. The maximum Gasteiger partial charge on any atom is 0.320 e. The minimum atomic E-state index is -0.567. The zero-order chi connectivity index (χ0) is 16.2. The molecule has 2 amide bonds. The number of primary amides is 1. The molecule has 0 saturated heterocycles. The normalized spacial score (nSPS) is 10.7. The van der Waals surface area contributed by atoms with Crippen molar-refractivity contribution in [3.05, 3.63) is 42.9 Å². The Morgan fingerprint density at radius 2 is 2.26 bits per heavy atom. The van der Waals surface area contributed by atoms with Crippen LogP contribution in [0.15, 0.2) is 47.3 Å². The van der Waals surface area contributed by atoms with E-state index in [1.54, 1.807) is 41.3 Å². The molecule has 3 heterocycles. The predicted octanol–water partition coefficient (Wildman–Crippen LogP) is 2.22. The van der Waals surface area contributed by atoms with Gasteiger partial charge in [-0.2, -0.15) is 5.10 Å². The largest absolute Gasteiger partial charge is 0.461 e. The van der Waals surface area contributed by atoms with Gasteiger partial charge in [0.25, 0.3) is 0 Å². The zero-order valence-corrected chi connectivity index (χ0v) is 12.6. The van der Waals surface area contributed by atoms with Crippen molar-refractivity contribution in [1.82, 2.24) is 19.7 Å². The zero-order valence-electron chi connectivity index (χ0n) is 12.6. The molecule has 0 spiro atoms. The summed E-state index contributed by atoms with van der Waals surface area (Å²) in [6, 6.07) is 6.38. The van der Waals surface area contributed by atoms with Gasteiger partial charge < -0.3 is 10.2 Å². The van der Waals surface area contributed by atoms with Gasteiger partial charge in [-0.1, -0.05) is 6.92 Å². The number of amides is 2. The van der Waals surface area contributed by atoms with Gasteiger partial charge in [0.1, 0.15) is 5.82 Å². The van der Waals surface area contributed by atoms with Crippen LogP contribution in [-0.4, -0.2) is 32.3 Å². The van der Waals surface area contributed by atoms with Crippen LogP contribution in [0.5, 0.6) is 0 Å². The fourth-order valence-electron chi connectivity index (χ4n) is 2.16. The Hall–Kier alpha value is -3.16. The van der Waals surface area contributed by atoms with E-state index >= 15 is 0 Å². The third-order valence-electron chi connectivity index (χ3n) is 3.17. The lowest BCUT2D eigenvalue weighted by Gasteiger charge is -2.19. The van der Waals surface area contributed by atoms with Crippen LogP contribution >= 0.6 is 0 Å². The fourth-order valence-corrected chi connectivity index (χ4v) is 2.16. The van der Waals surface area contributed by atoms with E-state index in [2.05, 4.69) is 15.1 Å². The summed E-state index contributed by atoms with van der Waals surface area (Å²) in [4.78, 5) is 22.0. The van der Waals surface area contributed by atoms with Crippen LogP contribution in [0.4, 0.5) is 10.6 Å². The highest BCUT2D eigenvalue weighted by Crippen LogP contribution is 2.22. The van der Waals surface area contributed by atoms with Gasteiger partial charge in [-0.25, -0.2) is 19.4 Å². The topological polar surface area (TPSA) is 103 Å². The highest BCUT2D eigenvalue weighted by Gasteiger charge is 2.18. The second-order valence-corrected chi connectivity index (χ2v) is 4.83. The number of nitrogens with zero attached hydrogens (tertiary/aromatic N) is 5. The van der Waals surface area contributed by atoms with Crippen LogP contribution in [0.1, 0.15) is 13.3 Å². The van der Waals surface area contributed by atoms with E-state index in [1.165, 1.54) is 11.2 Å². The number of urea groups is 1. The van der Waals surface area contributed by atoms with Gasteiger partial charge in [0, 0.05) is 25.0 Å². The maximum atomic E-state index is 11.7. The predicted molar refractivity (Wildman–Crippen MR) is 84.1 cm³/mol. The average Bonchev–Trinajstić information content (AvgIpc) is 3.24. The summed E-state index contributed by atoms with van der Waals surface area (Å²) in [5, 5.41) is 4.16. The van der Waals surface area contributed by atoms with Gasteiger partial charge in [-0.15, -0.1) is 0 Å². The van der Waals surface area contributed by atoms with Crippen molar-refractivity contribution in [3.63, 3.8) is 0 Å². The third kappa shape index (κ3) is 3.05. The lowest BCUT2D eigenvalue weighted by atomic mass is 10.3. The van der Waals surface area contributed by atoms with E-state index in [0.717, 1.165) is 6.42 Å². The molecule has 0 aliphatic rings. The monoisotopic (exact) mass is 312 g/mol. The number of aromatic nitrogens is 4. The quantitative estimate of drug-likeness (QED) is 0.778. The van der Waals surface area contributed by atoms with E-state index in [0.29, 0.717) is 29.8 Å². The second kappa shape index (κ2) is 6.30. The summed E-state index contributed by atoms with van der Waals surface area (Å²) in [5.74, 6) is 1.79. The van der Waals surface area contributed by atoms with Crippen molar-refractivity contribution in [2.75, 3.05) is 11.4 Å². The number of rotatable bonds is 5. The van der Waals surface area contributed by atoms with Crippen LogP contribution in [0.2, 0.25) is 0 Å². The van der Waals surface area contributed by atoms with Crippen LogP contribution in [-0.2, 0) is 0 Å². The number of anilines is 1. The number of nitrogens with two attached hydrogens (primary N) is 1. The Morgan fingerprint density at radius 1 is 1.39 bits per heavy atom. The Bertz CT molecular complexity index is 730. The molecule has 3 aromatic rings. The lowest BCUT2D eigenvalue weighted by Crippen LogP contribution is -2.37. The minimum absolute atomic E-state index is 0.361. The van der Waals surface area contributed by atoms with Crippen LogP contribution in [0, 0.1) is 0 Å². The summed E-state index contributed by atoms with van der Waals surface area (Å²) < 4.78 is 6.94. The highest BCUT2D eigenvalue weighted by molar-refractivity contribution is 5.90. The summed E-state index contributed by atoms with van der Waals surface area (Å²) in [7, 11) is 0. The molecule has 3 rings (SSSR count). The van der Waals surface area contributed by atoms with Crippen molar-refractivity contribution in [2.24, 2.45) is 5.73 Å². The third-order valence-corrected chi connectivity index (χ3v) is 3.17. The van der Waals surface area contributed by atoms with Gasteiger partial charge in [0.05, 0.1) is 6.26 Å². The Kier molecular flexibility index (Phi) is 4.05.